The van der Waals surface area contributed by atoms with Gasteiger partial charge >= 0.3 is 0 Å². The summed E-state index contributed by atoms with van der Waals surface area (Å²) in [7, 11) is 1.98. The summed E-state index contributed by atoms with van der Waals surface area (Å²) >= 11 is 0. The molecule has 0 aliphatic rings. The van der Waals surface area contributed by atoms with Crippen molar-refractivity contribution >= 4 is 5.69 Å². The Hall–Kier alpha value is -1.97. The Balaban J connectivity index is 2.01. The minimum atomic E-state index is 0.530. The first-order chi connectivity index (χ1) is 9.97. The van der Waals surface area contributed by atoms with E-state index in [9.17, 15) is 0 Å². The Labute approximate surface area is 127 Å². The number of nitrogens with zero attached hydrogens (tertiary/aromatic N) is 2. The highest BCUT2D eigenvalue weighted by atomic mass is 16.5. The molecule has 1 aromatic carbocycles. The van der Waals surface area contributed by atoms with Gasteiger partial charge in [-0.25, -0.2) is 0 Å². The lowest BCUT2D eigenvalue weighted by Gasteiger charge is -2.11. The molecule has 0 fully saturated rings. The summed E-state index contributed by atoms with van der Waals surface area (Å²) in [5.74, 6) is 1.44. The molecule has 0 spiro atoms. The van der Waals surface area contributed by atoms with Crippen molar-refractivity contribution in [3.05, 3.63) is 41.2 Å². The predicted molar refractivity (Wildman–Crippen MR) is 86.8 cm³/mol. The molecule has 21 heavy (non-hydrogen) atoms. The van der Waals surface area contributed by atoms with Crippen LogP contribution in [0.1, 0.15) is 30.8 Å². The molecule has 114 valence electrons. The van der Waals surface area contributed by atoms with E-state index in [-0.39, 0.29) is 0 Å². The fourth-order valence-electron chi connectivity index (χ4n) is 2.22. The van der Waals surface area contributed by atoms with Crippen molar-refractivity contribution in [2.24, 2.45) is 13.0 Å². The molecule has 1 heterocycles. The third kappa shape index (κ3) is 4.00. The monoisotopic (exact) mass is 287 g/mol. The van der Waals surface area contributed by atoms with E-state index in [2.05, 4.69) is 37.3 Å². The Morgan fingerprint density at radius 1 is 1.29 bits per heavy atom. The summed E-state index contributed by atoms with van der Waals surface area (Å²) in [5, 5.41) is 7.89. The molecule has 4 nitrogen and oxygen atoms in total. The van der Waals surface area contributed by atoms with Crippen molar-refractivity contribution in [3.8, 4) is 5.75 Å². The van der Waals surface area contributed by atoms with Gasteiger partial charge < -0.3 is 10.1 Å². The Kier molecular flexibility index (Phi) is 4.89. The Bertz CT molecular complexity index is 602. The molecular formula is C17H25N3O. The number of benzene rings is 1. The molecule has 2 rings (SSSR count). The fourth-order valence-corrected chi connectivity index (χ4v) is 2.22. The van der Waals surface area contributed by atoms with Crippen LogP contribution in [0.25, 0.3) is 0 Å². The summed E-state index contributed by atoms with van der Waals surface area (Å²) in [6, 6.07) is 8.11. The molecule has 0 aliphatic heterocycles. The van der Waals surface area contributed by atoms with E-state index in [0.717, 1.165) is 30.3 Å². The highest BCUT2D eigenvalue weighted by Crippen LogP contribution is 2.20. The molecule has 2 aromatic rings. The molecule has 0 atom stereocenters. The van der Waals surface area contributed by atoms with Crippen molar-refractivity contribution in [3.63, 3.8) is 0 Å². The van der Waals surface area contributed by atoms with Crippen LogP contribution in [0, 0.1) is 19.8 Å². The number of nitrogens with one attached hydrogen (secondary N) is 1. The molecule has 1 N–H and O–H groups in total. The van der Waals surface area contributed by atoms with E-state index in [1.807, 2.05) is 36.9 Å². The fraction of sp³-hybridized carbons (Fsp3) is 0.471. The van der Waals surface area contributed by atoms with Crippen LogP contribution in [0.5, 0.6) is 5.75 Å². The average molecular weight is 287 g/mol. The molecule has 1 aromatic heterocycles. The van der Waals surface area contributed by atoms with Crippen LogP contribution >= 0.6 is 0 Å². The number of hydrogen-bond acceptors (Lipinski definition) is 3. The van der Waals surface area contributed by atoms with Gasteiger partial charge in [0.1, 0.15) is 5.75 Å². The smallest absolute Gasteiger partial charge is 0.121 e. The molecule has 0 amide bonds. The van der Waals surface area contributed by atoms with Gasteiger partial charge in [-0.05, 0) is 31.9 Å². The molecule has 4 heteroatoms. The molecule has 0 saturated heterocycles. The van der Waals surface area contributed by atoms with Crippen molar-refractivity contribution in [1.82, 2.24) is 9.78 Å². The van der Waals surface area contributed by atoms with Crippen molar-refractivity contribution in [1.29, 1.82) is 0 Å². The maximum Gasteiger partial charge on any atom is 0.121 e. The van der Waals surface area contributed by atoms with Crippen LogP contribution in [-0.2, 0) is 13.6 Å². The van der Waals surface area contributed by atoms with E-state index in [4.69, 9.17) is 4.74 Å². The zero-order valence-electron chi connectivity index (χ0n) is 13.6. The summed E-state index contributed by atoms with van der Waals surface area (Å²) in [6.45, 7) is 9.96. The maximum atomic E-state index is 5.76. The van der Waals surface area contributed by atoms with Crippen LogP contribution in [0.4, 0.5) is 5.69 Å². The highest BCUT2D eigenvalue weighted by molar-refractivity contribution is 5.49. The van der Waals surface area contributed by atoms with Crippen LogP contribution in [0.15, 0.2) is 24.3 Å². The van der Waals surface area contributed by atoms with Crippen LogP contribution < -0.4 is 10.1 Å². The first kappa shape index (κ1) is 15.4. The van der Waals surface area contributed by atoms with Crippen molar-refractivity contribution in [2.45, 2.75) is 34.2 Å². The zero-order valence-corrected chi connectivity index (χ0v) is 13.6. The molecule has 0 unspecified atom stereocenters. The largest absolute Gasteiger partial charge is 0.493 e. The minimum absolute atomic E-state index is 0.530. The van der Waals surface area contributed by atoms with Gasteiger partial charge in [0, 0.05) is 36.6 Å². The third-order valence-electron chi connectivity index (χ3n) is 3.55. The zero-order chi connectivity index (χ0) is 15.4. The van der Waals surface area contributed by atoms with Crippen molar-refractivity contribution in [2.75, 3.05) is 11.9 Å². The first-order valence-electron chi connectivity index (χ1n) is 7.43. The first-order valence-corrected chi connectivity index (χ1v) is 7.43. The van der Waals surface area contributed by atoms with E-state index in [0.29, 0.717) is 5.92 Å². The SMILES string of the molecule is Cc1nn(C)c(C)c1CNc1cccc(OCC(C)C)c1. The van der Waals surface area contributed by atoms with E-state index in [1.54, 1.807) is 0 Å². The number of ether oxygens (including phenoxy) is 1. The average Bonchev–Trinajstić information content (AvgIpc) is 2.68. The summed E-state index contributed by atoms with van der Waals surface area (Å²) in [4.78, 5) is 0. The Morgan fingerprint density at radius 3 is 2.67 bits per heavy atom. The number of hydrogen-bond donors (Lipinski definition) is 1. The lowest BCUT2D eigenvalue weighted by atomic mass is 10.2. The molecule has 0 aliphatic carbocycles. The summed E-state index contributed by atoms with van der Waals surface area (Å²) in [5.41, 5.74) is 4.60. The van der Waals surface area contributed by atoms with Crippen molar-refractivity contribution < 1.29 is 4.74 Å². The van der Waals surface area contributed by atoms with Crippen LogP contribution in [-0.4, -0.2) is 16.4 Å². The van der Waals surface area contributed by atoms with Crippen LogP contribution in [0.2, 0.25) is 0 Å². The van der Waals surface area contributed by atoms with Gasteiger partial charge in [0.2, 0.25) is 0 Å². The van der Waals surface area contributed by atoms with Gasteiger partial charge in [-0.3, -0.25) is 4.68 Å². The van der Waals surface area contributed by atoms with Gasteiger partial charge in [0.15, 0.2) is 0 Å². The molecule has 0 radical (unpaired) electrons. The second-order valence-corrected chi connectivity index (χ2v) is 5.86. The lowest BCUT2D eigenvalue weighted by molar-refractivity contribution is 0.271. The minimum Gasteiger partial charge on any atom is -0.493 e. The highest BCUT2D eigenvalue weighted by Gasteiger charge is 2.08. The molecule has 0 saturated carbocycles. The summed E-state index contributed by atoms with van der Waals surface area (Å²) in [6.07, 6.45) is 0. The van der Waals surface area contributed by atoms with E-state index < -0.39 is 0 Å². The van der Waals surface area contributed by atoms with E-state index >= 15 is 0 Å². The third-order valence-corrected chi connectivity index (χ3v) is 3.55. The van der Waals surface area contributed by atoms with Gasteiger partial charge in [0.25, 0.3) is 0 Å². The topological polar surface area (TPSA) is 39.1 Å². The lowest BCUT2D eigenvalue weighted by Crippen LogP contribution is -2.05. The number of aryl methyl sites for hydroxylation is 2. The number of aromatic nitrogens is 2. The van der Waals surface area contributed by atoms with Gasteiger partial charge in [-0.1, -0.05) is 19.9 Å². The number of anilines is 1. The normalized spacial score (nSPS) is 11.0. The second kappa shape index (κ2) is 6.66. The standard InChI is InChI=1S/C17H25N3O/c1-12(2)11-21-16-8-6-7-15(9-16)18-10-17-13(3)19-20(5)14(17)4/h6-9,12,18H,10-11H2,1-5H3. The predicted octanol–water partition coefficient (Wildman–Crippen LogP) is 3.68. The number of rotatable bonds is 6. The quantitative estimate of drug-likeness (QED) is 0.881. The second-order valence-electron chi connectivity index (χ2n) is 5.86. The maximum absolute atomic E-state index is 5.76. The van der Waals surface area contributed by atoms with Crippen LogP contribution in [0.3, 0.4) is 0 Å². The molecule has 0 bridgehead atoms. The Morgan fingerprint density at radius 2 is 2.05 bits per heavy atom. The van der Waals surface area contributed by atoms with Gasteiger partial charge in [0.05, 0.1) is 12.3 Å². The summed E-state index contributed by atoms with van der Waals surface area (Å²) < 4.78 is 7.68. The van der Waals surface area contributed by atoms with E-state index in [1.165, 1.54) is 11.3 Å². The molecular weight excluding hydrogens is 262 g/mol. The van der Waals surface area contributed by atoms with Gasteiger partial charge in [-0.2, -0.15) is 5.10 Å². The van der Waals surface area contributed by atoms with Gasteiger partial charge in [-0.15, -0.1) is 0 Å².